The van der Waals surface area contributed by atoms with Crippen molar-refractivity contribution in [3.63, 3.8) is 0 Å². The number of nitrogens with two attached hydrogens (primary N) is 1. The number of pyridine rings is 1. The van der Waals surface area contributed by atoms with E-state index in [0.717, 1.165) is 0 Å². The lowest BCUT2D eigenvalue weighted by Gasteiger charge is -2.05. The Balaban J connectivity index is 2.29. The van der Waals surface area contributed by atoms with Crippen LogP contribution in [0.15, 0.2) is 42.5 Å². The van der Waals surface area contributed by atoms with Gasteiger partial charge in [0, 0.05) is 12.1 Å². The van der Waals surface area contributed by atoms with Gasteiger partial charge in [0.15, 0.2) is 0 Å². The van der Waals surface area contributed by atoms with Crippen LogP contribution in [0, 0.1) is 11.3 Å². The van der Waals surface area contributed by atoms with Gasteiger partial charge in [-0.1, -0.05) is 18.2 Å². The zero-order valence-corrected chi connectivity index (χ0v) is 8.42. The number of anilines is 1. The van der Waals surface area contributed by atoms with Crippen LogP contribution >= 0.6 is 0 Å². The smallest absolute Gasteiger partial charge is 0.146 e. The number of rotatable bonds is 2. The highest BCUT2D eigenvalue weighted by atomic mass is 16.5. The van der Waals surface area contributed by atoms with Gasteiger partial charge in [-0.3, -0.25) is 0 Å². The molecule has 1 aromatic carbocycles. The molecule has 1 aromatic heterocycles. The van der Waals surface area contributed by atoms with Crippen LogP contribution in [0.25, 0.3) is 0 Å². The van der Waals surface area contributed by atoms with Crippen molar-refractivity contribution in [1.29, 1.82) is 5.26 Å². The first kappa shape index (κ1) is 9.99. The molecule has 4 nitrogen and oxygen atoms in total. The third-order valence-corrected chi connectivity index (χ3v) is 1.91. The summed E-state index contributed by atoms with van der Waals surface area (Å²) in [7, 11) is 0. The maximum atomic E-state index is 8.73. The standard InChI is InChI=1S/C12H9N3O/c13-8-9-6-11(7-12(14)15-9)16-10-4-2-1-3-5-10/h1-7H,(H2,14,15). The molecule has 0 amide bonds. The summed E-state index contributed by atoms with van der Waals surface area (Å²) in [6.45, 7) is 0. The van der Waals surface area contributed by atoms with E-state index in [9.17, 15) is 0 Å². The third kappa shape index (κ3) is 2.28. The normalized spacial score (nSPS) is 9.44. The number of aromatic nitrogens is 1. The average Bonchev–Trinajstić information content (AvgIpc) is 2.29. The molecule has 4 heteroatoms. The zero-order chi connectivity index (χ0) is 11.4. The predicted molar refractivity (Wildman–Crippen MR) is 59.9 cm³/mol. The van der Waals surface area contributed by atoms with Crippen LogP contribution in [0.1, 0.15) is 5.69 Å². The van der Waals surface area contributed by atoms with Crippen LogP contribution in [0.3, 0.4) is 0 Å². The highest BCUT2D eigenvalue weighted by Gasteiger charge is 2.01. The molecule has 0 saturated heterocycles. The van der Waals surface area contributed by atoms with Crippen LogP contribution in [0.5, 0.6) is 11.5 Å². The van der Waals surface area contributed by atoms with E-state index < -0.39 is 0 Å². The Morgan fingerprint density at radius 2 is 1.88 bits per heavy atom. The number of nitrogen functional groups attached to an aromatic ring is 1. The van der Waals surface area contributed by atoms with Gasteiger partial charge in [-0.05, 0) is 12.1 Å². The van der Waals surface area contributed by atoms with Gasteiger partial charge in [-0.2, -0.15) is 5.26 Å². The van der Waals surface area contributed by atoms with Gasteiger partial charge in [0.05, 0.1) is 0 Å². The van der Waals surface area contributed by atoms with Gasteiger partial charge in [0.25, 0.3) is 0 Å². The fourth-order valence-electron chi connectivity index (χ4n) is 1.27. The van der Waals surface area contributed by atoms with E-state index in [0.29, 0.717) is 11.5 Å². The molecule has 1 heterocycles. The average molecular weight is 211 g/mol. The van der Waals surface area contributed by atoms with Crippen molar-refractivity contribution < 1.29 is 4.74 Å². The highest BCUT2D eigenvalue weighted by Crippen LogP contribution is 2.22. The topological polar surface area (TPSA) is 71.9 Å². The lowest BCUT2D eigenvalue weighted by molar-refractivity contribution is 0.482. The van der Waals surface area contributed by atoms with E-state index in [1.807, 2.05) is 36.4 Å². The van der Waals surface area contributed by atoms with Crippen molar-refractivity contribution in [1.82, 2.24) is 4.98 Å². The summed E-state index contributed by atoms with van der Waals surface area (Å²) < 4.78 is 5.53. The molecule has 0 fully saturated rings. The molecule has 78 valence electrons. The minimum Gasteiger partial charge on any atom is -0.457 e. The maximum absolute atomic E-state index is 8.73. The Kier molecular flexibility index (Phi) is 2.70. The number of nitriles is 1. The minimum absolute atomic E-state index is 0.242. The van der Waals surface area contributed by atoms with E-state index in [1.165, 1.54) is 0 Å². The molecule has 0 aliphatic carbocycles. The second-order valence-corrected chi connectivity index (χ2v) is 3.14. The summed E-state index contributed by atoms with van der Waals surface area (Å²) in [5, 5.41) is 8.73. The van der Waals surface area contributed by atoms with Crippen LogP contribution in [-0.4, -0.2) is 4.98 Å². The number of nitrogens with zero attached hydrogens (tertiary/aromatic N) is 2. The first-order chi connectivity index (χ1) is 7.78. The lowest BCUT2D eigenvalue weighted by Crippen LogP contribution is -1.94. The van der Waals surface area contributed by atoms with Crippen molar-refractivity contribution in [2.24, 2.45) is 0 Å². The van der Waals surface area contributed by atoms with Crippen LogP contribution in [0.2, 0.25) is 0 Å². The van der Waals surface area contributed by atoms with Gasteiger partial charge < -0.3 is 10.5 Å². The molecule has 2 rings (SSSR count). The zero-order valence-electron chi connectivity index (χ0n) is 8.42. The van der Waals surface area contributed by atoms with Crippen LogP contribution < -0.4 is 10.5 Å². The largest absolute Gasteiger partial charge is 0.457 e. The molecule has 0 aliphatic heterocycles. The third-order valence-electron chi connectivity index (χ3n) is 1.91. The molecule has 0 saturated carbocycles. The van der Waals surface area contributed by atoms with E-state index in [-0.39, 0.29) is 11.5 Å². The number of benzene rings is 1. The van der Waals surface area contributed by atoms with Crippen molar-refractivity contribution in [2.75, 3.05) is 5.73 Å². The quantitative estimate of drug-likeness (QED) is 0.827. The van der Waals surface area contributed by atoms with Gasteiger partial charge >= 0.3 is 0 Å². The maximum Gasteiger partial charge on any atom is 0.146 e. The summed E-state index contributed by atoms with van der Waals surface area (Å²) in [5.41, 5.74) is 5.79. The Hall–Kier alpha value is -2.54. The summed E-state index contributed by atoms with van der Waals surface area (Å²) in [5.74, 6) is 1.47. The number of ether oxygens (including phenoxy) is 1. The first-order valence-corrected chi connectivity index (χ1v) is 4.68. The molecular weight excluding hydrogens is 202 g/mol. The van der Waals surface area contributed by atoms with Gasteiger partial charge in [0.1, 0.15) is 29.1 Å². The number of para-hydroxylation sites is 1. The molecule has 0 spiro atoms. The van der Waals surface area contributed by atoms with Crippen molar-refractivity contribution in [3.05, 3.63) is 48.2 Å². The Morgan fingerprint density at radius 3 is 2.56 bits per heavy atom. The molecule has 0 atom stereocenters. The summed E-state index contributed by atoms with van der Waals surface area (Å²) in [4.78, 5) is 3.83. The fourth-order valence-corrected chi connectivity index (χ4v) is 1.27. The van der Waals surface area contributed by atoms with Gasteiger partial charge in [-0.25, -0.2) is 4.98 Å². The van der Waals surface area contributed by atoms with Crippen molar-refractivity contribution in [3.8, 4) is 17.6 Å². The fraction of sp³-hybridized carbons (Fsp3) is 0. The van der Waals surface area contributed by atoms with Crippen LogP contribution in [0.4, 0.5) is 5.82 Å². The molecule has 2 aromatic rings. The van der Waals surface area contributed by atoms with E-state index in [4.69, 9.17) is 15.7 Å². The number of hydrogen-bond acceptors (Lipinski definition) is 4. The summed E-state index contributed by atoms with van der Waals surface area (Å²) in [6.07, 6.45) is 0. The second kappa shape index (κ2) is 4.32. The monoisotopic (exact) mass is 211 g/mol. The van der Waals surface area contributed by atoms with Crippen molar-refractivity contribution in [2.45, 2.75) is 0 Å². The predicted octanol–water partition coefficient (Wildman–Crippen LogP) is 2.33. The van der Waals surface area contributed by atoms with E-state index in [1.54, 1.807) is 12.1 Å². The lowest BCUT2D eigenvalue weighted by atomic mass is 10.3. The molecule has 2 N–H and O–H groups in total. The Labute approximate surface area is 92.9 Å². The van der Waals surface area contributed by atoms with Crippen molar-refractivity contribution >= 4 is 5.82 Å². The molecular formula is C12H9N3O. The Bertz CT molecular complexity index is 532. The minimum atomic E-state index is 0.242. The van der Waals surface area contributed by atoms with Gasteiger partial charge in [0.2, 0.25) is 0 Å². The first-order valence-electron chi connectivity index (χ1n) is 4.68. The molecule has 0 bridgehead atoms. The Morgan fingerprint density at radius 1 is 1.12 bits per heavy atom. The van der Waals surface area contributed by atoms with Gasteiger partial charge in [-0.15, -0.1) is 0 Å². The van der Waals surface area contributed by atoms with Crippen LogP contribution in [-0.2, 0) is 0 Å². The molecule has 0 radical (unpaired) electrons. The van der Waals surface area contributed by atoms with E-state index >= 15 is 0 Å². The highest BCUT2D eigenvalue weighted by molar-refractivity contribution is 5.44. The summed E-state index contributed by atoms with van der Waals surface area (Å²) in [6, 6.07) is 14.3. The second-order valence-electron chi connectivity index (χ2n) is 3.14. The number of hydrogen-bond donors (Lipinski definition) is 1. The SMILES string of the molecule is N#Cc1cc(Oc2ccccc2)cc(N)n1. The van der Waals surface area contributed by atoms with E-state index in [2.05, 4.69) is 4.98 Å². The molecule has 0 aliphatic rings. The molecule has 16 heavy (non-hydrogen) atoms. The molecule has 0 unspecified atom stereocenters. The summed E-state index contributed by atoms with van der Waals surface area (Å²) >= 11 is 0.